The minimum Gasteiger partial charge on any atom is -0.544 e. The highest BCUT2D eigenvalue weighted by molar-refractivity contribution is 6.56. The van der Waals surface area contributed by atoms with Crippen molar-refractivity contribution in [3.63, 3.8) is 0 Å². The summed E-state index contributed by atoms with van der Waals surface area (Å²) in [5.41, 5.74) is 0. The van der Waals surface area contributed by atoms with Gasteiger partial charge in [0.05, 0.1) is 32.1 Å². The summed E-state index contributed by atoms with van der Waals surface area (Å²) in [5, 5.41) is 17.0. The fourth-order valence-electron chi connectivity index (χ4n) is 0.372. The van der Waals surface area contributed by atoms with Crippen LogP contribution in [0.15, 0.2) is 20.1 Å². The molecule has 0 radical (unpaired) electrons. The van der Waals surface area contributed by atoms with Crippen molar-refractivity contribution < 1.29 is 19.8 Å². The van der Waals surface area contributed by atoms with Gasteiger partial charge in [0.2, 0.25) is 0 Å². The zero-order valence-electron chi connectivity index (χ0n) is 6.14. The minimum absolute atomic E-state index is 0.734. The quantitative estimate of drug-likeness (QED) is 0.531. The molecular weight excluding hydrogens is 278 g/mol. The van der Waals surface area contributed by atoms with Crippen LogP contribution in [0.2, 0.25) is 0 Å². The fourth-order valence-corrected chi connectivity index (χ4v) is 1.00. The maximum atomic E-state index is 10.2. The van der Waals surface area contributed by atoms with E-state index in [1.807, 2.05) is 0 Å². The van der Waals surface area contributed by atoms with Crippen LogP contribution in [0, 0.1) is 0 Å². The lowest BCUT2D eigenvalue weighted by molar-refractivity contribution is -0.299. The Balaban J connectivity index is 5.35. The van der Waals surface area contributed by atoms with Gasteiger partial charge in [-0.2, -0.15) is 0 Å². The van der Waals surface area contributed by atoms with Gasteiger partial charge < -0.3 is 19.8 Å². The summed E-state index contributed by atoms with van der Waals surface area (Å²) >= 11 is 20.8. The predicted molar refractivity (Wildman–Crippen MR) is 47.5 cm³/mol. The number of carbonyl (C=O) groups is 2. The van der Waals surface area contributed by atoms with Gasteiger partial charge in [0.15, 0.2) is 0 Å². The van der Waals surface area contributed by atoms with Gasteiger partial charge in [-0.05, 0) is 0 Å². The first-order chi connectivity index (χ1) is 6.29. The number of hydrogen-bond acceptors (Lipinski definition) is 4. The topological polar surface area (TPSA) is 80.3 Å². The van der Waals surface area contributed by atoms with Crippen LogP contribution >= 0.6 is 46.4 Å². The van der Waals surface area contributed by atoms with Crippen LogP contribution in [0.5, 0.6) is 0 Å². The lowest BCUT2D eigenvalue weighted by atomic mass is 10.4. The molecule has 4 nitrogen and oxygen atoms in total. The van der Waals surface area contributed by atoms with Crippen molar-refractivity contribution in [2.75, 3.05) is 0 Å². The van der Waals surface area contributed by atoms with Crippen molar-refractivity contribution in [1.82, 2.24) is 0 Å². The van der Waals surface area contributed by atoms with Crippen LogP contribution in [0.25, 0.3) is 0 Å². The van der Waals surface area contributed by atoms with E-state index in [0.29, 0.717) is 0 Å². The largest absolute Gasteiger partial charge is 0.544 e. The second kappa shape index (κ2) is 5.46. The molecular formula is C6Cl4O4-2. The Labute approximate surface area is 98.3 Å². The molecule has 0 atom stereocenters. The highest BCUT2D eigenvalue weighted by Gasteiger charge is 2.11. The molecule has 0 aliphatic heterocycles. The number of halogens is 4. The number of hydrogen-bond donors (Lipinski definition) is 0. The maximum absolute atomic E-state index is 10.2. The SMILES string of the molecule is O=C([O-])/C(Cl)=C(Cl)/C(Cl)=C(\Cl)C(=O)[O-]. The standard InChI is InChI=1S/C6H2Cl4O4/c7-1(3(9)5(11)12)2(8)4(10)6(13)14/h(H,11,12)(H,13,14)/p-2/b3-1+,4-2+. The number of allylic oxidation sites excluding steroid dienone is 2. The molecule has 0 unspecified atom stereocenters. The summed E-state index contributed by atoms with van der Waals surface area (Å²) < 4.78 is 0. The van der Waals surface area contributed by atoms with Crippen molar-refractivity contribution >= 4 is 58.3 Å². The van der Waals surface area contributed by atoms with Crippen molar-refractivity contribution in [3.05, 3.63) is 20.1 Å². The Morgan fingerprint density at radius 2 is 0.857 bits per heavy atom. The summed E-state index contributed by atoms with van der Waals surface area (Å²) in [7, 11) is 0. The zero-order valence-corrected chi connectivity index (χ0v) is 9.17. The summed E-state index contributed by atoms with van der Waals surface area (Å²) in [6, 6.07) is 0. The minimum atomic E-state index is -1.81. The second-order valence-electron chi connectivity index (χ2n) is 1.83. The number of aliphatic carboxylic acids is 2. The monoisotopic (exact) mass is 276 g/mol. The third-order valence-electron chi connectivity index (χ3n) is 0.937. The predicted octanol–water partition coefficient (Wildman–Crippen LogP) is -0.135. The number of carbonyl (C=O) groups excluding carboxylic acids is 2. The van der Waals surface area contributed by atoms with Crippen molar-refractivity contribution in [2.24, 2.45) is 0 Å². The van der Waals surface area contributed by atoms with E-state index in [2.05, 4.69) is 0 Å². The summed E-state index contributed by atoms with van der Waals surface area (Å²) in [4.78, 5) is 20.3. The van der Waals surface area contributed by atoms with Gasteiger partial charge in [-0.3, -0.25) is 0 Å². The lowest BCUT2D eigenvalue weighted by Gasteiger charge is -2.06. The van der Waals surface area contributed by atoms with Gasteiger partial charge in [0, 0.05) is 0 Å². The first kappa shape index (κ1) is 13.6. The van der Waals surface area contributed by atoms with Gasteiger partial charge in [-0.15, -0.1) is 0 Å². The first-order valence-electron chi connectivity index (χ1n) is 2.82. The van der Waals surface area contributed by atoms with Gasteiger partial charge in [0.25, 0.3) is 0 Å². The first-order valence-corrected chi connectivity index (χ1v) is 4.33. The molecule has 8 heteroatoms. The molecule has 0 heterocycles. The van der Waals surface area contributed by atoms with Crippen LogP contribution in [0.4, 0.5) is 0 Å². The van der Waals surface area contributed by atoms with Gasteiger partial charge in [-0.25, -0.2) is 0 Å². The summed E-state index contributed by atoms with van der Waals surface area (Å²) in [6.07, 6.45) is 0. The molecule has 0 saturated heterocycles. The number of rotatable bonds is 3. The smallest absolute Gasteiger partial charge is 0.0845 e. The molecule has 0 rings (SSSR count). The van der Waals surface area contributed by atoms with E-state index in [-0.39, 0.29) is 0 Å². The van der Waals surface area contributed by atoms with Crippen LogP contribution in [0.3, 0.4) is 0 Å². The molecule has 0 fully saturated rings. The molecule has 0 aromatic carbocycles. The average molecular weight is 278 g/mol. The van der Waals surface area contributed by atoms with E-state index in [4.69, 9.17) is 46.4 Å². The van der Waals surface area contributed by atoms with Crippen LogP contribution < -0.4 is 10.2 Å². The molecule has 0 amide bonds. The van der Waals surface area contributed by atoms with Gasteiger partial charge >= 0.3 is 0 Å². The second-order valence-corrected chi connectivity index (χ2v) is 3.34. The van der Waals surface area contributed by atoms with E-state index >= 15 is 0 Å². The Kier molecular flexibility index (Phi) is 5.29. The van der Waals surface area contributed by atoms with E-state index in [9.17, 15) is 19.8 Å². The van der Waals surface area contributed by atoms with E-state index in [1.165, 1.54) is 0 Å². The van der Waals surface area contributed by atoms with Crippen LogP contribution in [-0.2, 0) is 9.59 Å². The van der Waals surface area contributed by atoms with Crippen LogP contribution in [-0.4, -0.2) is 11.9 Å². The lowest BCUT2D eigenvalue weighted by Crippen LogP contribution is -2.24. The van der Waals surface area contributed by atoms with Crippen molar-refractivity contribution in [3.8, 4) is 0 Å². The molecule has 0 aromatic heterocycles. The van der Waals surface area contributed by atoms with Crippen molar-refractivity contribution in [1.29, 1.82) is 0 Å². The third-order valence-corrected chi connectivity index (χ3v) is 2.67. The van der Waals surface area contributed by atoms with E-state index in [0.717, 1.165) is 0 Å². The molecule has 0 aliphatic carbocycles. The highest BCUT2D eigenvalue weighted by atomic mass is 35.5. The Hall–Kier alpha value is -0.420. The van der Waals surface area contributed by atoms with Gasteiger partial charge in [-0.1, -0.05) is 46.4 Å². The number of carboxylic acids is 2. The molecule has 0 bridgehead atoms. The average Bonchev–Trinajstić information content (AvgIpc) is 2.12. The zero-order chi connectivity index (χ0) is 11.5. The Morgan fingerprint density at radius 1 is 0.643 bits per heavy atom. The number of carboxylic acid groups (broad SMARTS) is 2. The van der Waals surface area contributed by atoms with E-state index in [1.54, 1.807) is 0 Å². The van der Waals surface area contributed by atoms with Crippen molar-refractivity contribution in [2.45, 2.75) is 0 Å². The van der Waals surface area contributed by atoms with Crippen LogP contribution in [0.1, 0.15) is 0 Å². The third kappa shape index (κ3) is 3.38. The molecule has 0 N–H and O–H groups in total. The molecule has 0 spiro atoms. The molecule has 0 aliphatic rings. The maximum Gasteiger partial charge on any atom is 0.0845 e. The Morgan fingerprint density at radius 3 is 1.00 bits per heavy atom. The fraction of sp³-hybridized carbons (Fsp3) is 0. The summed E-state index contributed by atoms with van der Waals surface area (Å²) in [6.45, 7) is 0. The normalized spacial score (nSPS) is 14.3. The summed E-state index contributed by atoms with van der Waals surface area (Å²) in [5.74, 6) is -3.62. The van der Waals surface area contributed by atoms with Gasteiger partial charge in [0.1, 0.15) is 0 Å². The molecule has 78 valence electrons. The molecule has 0 saturated carbocycles. The highest BCUT2D eigenvalue weighted by Crippen LogP contribution is 2.29. The molecule has 0 aromatic rings. The van der Waals surface area contributed by atoms with E-state index < -0.39 is 32.1 Å². The molecule has 14 heavy (non-hydrogen) atoms. The Bertz CT molecular complexity index is 310.